The molecule has 1 saturated carbocycles. The topological polar surface area (TPSA) is 78.2 Å². The van der Waals surface area contributed by atoms with Gasteiger partial charge in [-0.25, -0.2) is 0 Å². The summed E-state index contributed by atoms with van der Waals surface area (Å²) in [6.45, 7) is 11.1. The predicted octanol–water partition coefficient (Wildman–Crippen LogP) is 3.33. The normalized spacial score (nSPS) is 28.0. The molecule has 3 aliphatic heterocycles. The molecule has 1 aromatic rings. The summed E-state index contributed by atoms with van der Waals surface area (Å²) in [5, 5.41) is 6.85. The number of aromatic nitrogens is 2. The molecule has 3 saturated heterocycles. The number of primary amides is 1. The molecule has 1 aliphatic carbocycles. The third-order valence-corrected chi connectivity index (χ3v) is 7.57. The van der Waals surface area contributed by atoms with E-state index in [4.69, 9.17) is 5.73 Å². The van der Waals surface area contributed by atoms with Crippen molar-refractivity contribution >= 4 is 12.0 Å². The second-order valence-corrected chi connectivity index (χ2v) is 8.92. The van der Waals surface area contributed by atoms with Crippen molar-refractivity contribution in [3.05, 3.63) is 35.3 Å². The Bertz CT molecular complexity index is 771. The number of likely N-dealkylation sites (tertiary alicyclic amines) is 1. The summed E-state index contributed by atoms with van der Waals surface area (Å²) < 4.78 is 0. The zero-order valence-electron chi connectivity index (χ0n) is 17.8. The number of hydrogen-bond acceptors (Lipinski definition) is 4. The Morgan fingerprint density at radius 1 is 1.24 bits per heavy atom. The molecule has 158 valence electrons. The van der Waals surface area contributed by atoms with Crippen molar-refractivity contribution in [1.29, 1.82) is 0 Å². The van der Waals surface area contributed by atoms with Gasteiger partial charge in [-0.1, -0.05) is 13.5 Å². The van der Waals surface area contributed by atoms with Crippen LogP contribution in [0.25, 0.3) is 6.08 Å². The number of piperidine rings is 1. The molecule has 6 heteroatoms. The van der Waals surface area contributed by atoms with Crippen molar-refractivity contribution in [3.8, 4) is 0 Å². The molecular weight excluding hydrogens is 362 g/mol. The van der Waals surface area contributed by atoms with Gasteiger partial charge in [0, 0.05) is 36.4 Å². The average Bonchev–Trinajstić information content (AvgIpc) is 3.18. The molecule has 4 fully saturated rings. The molecule has 2 atom stereocenters. The van der Waals surface area contributed by atoms with Crippen LogP contribution in [-0.4, -0.2) is 57.6 Å². The highest BCUT2D eigenvalue weighted by atomic mass is 16.1. The summed E-state index contributed by atoms with van der Waals surface area (Å²) in [6.07, 6.45) is 14.5. The van der Waals surface area contributed by atoms with E-state index in [2.05, 4.69) is 26.6 Å². The molecular formula is C23H35N5O. The van der Waals surface area contributed by atoms with E-state index in [0.29, 0.717) is 12.1 Å². The van der Waals surface area contributed by atoms with Crippen LogP contribution < -0.4 is 5.73 Å². The van der Waals surface area contributed by atoms with Crippen molar-refractivity contribution in [2.45, 2.75) is 63.8 Å². The quantitative estimate of drug-likeness (QED) is 0.747. The Morgan fingerprint density at radius 3 is 2.55 bits per heavy atom. The Labute approximate surface area is 174 Å². The maximum atomic E-state index is 11.3. The highest BCUT2D eigenvalue weighted by molar-refractivity contribution is 5.93. The lowest BCUT2D eigenvalue weighted by Crippen LogP contribution is -2.63. The molecule has 0 bridgehead atoms. The third kappa shape index (κ3) is 3.75. The largest absolute Gasteiger partial charge is 0.372 e. The number of allylic oxidation sites excluding steroid dienone is 1. The average molecular weight is 398 g/mol. The van der Waals surface area contributed by atoms with Crippen LogP contribution in [0.5, 0.6) is 0 Å². The second kappa shape index (κ2) is 8.34. The highest BCUT2D eigenvalue weighted by Crippen LogP contribution is 2.57. The number of H-pyrrole nitrogens is 1. The standard InChI is InChI=1S/C15H22N4O.C8H13N/c1-3-12-13(17-18-14(12)15(16)20)8-7-11(2)19-9-5-4-6-10-19;1-3-8-4-6-9(8)5-2-7(1)8/h7-8H,2-6,9-10H2,1H3,(H2,16,20)(H,17,18);7H,1-6H2/b8-7-;. The van der Waals surface area contributed by atoms with Crippen LogP contribution in [0, 0.1) is 5.92 Å². The Balaban J connectivity index is 0.000000185. The summed E-state index contributed by atoms with van der Waals surface area (Å²) in [7, 11) is 0. The summed E-state index contributed by atoms with van der Waals surface area (Å²) in [6, 6.07) is 0. The van der Waals surface area contributed by atoms with E-state index in [0.717, 1.165) is 41.5 Å². The summed E-state index contributed by atoms with van der Waals surface area (Å²) in [5.74, 6) is 0.638. The SMILES string of the molecule is C1CN2CCC23CCC13.C=C(/C=C\c1[nH]nc(C(N)=O)c1CC)N1CCCCC1. The molecule has 3 N–H and O–H groups in total. The minimum Gasteiger partial charge on any atom is -0.372 e. The molecule has 5 rings (SSSR count). The molecule has 0 aromatic carbocycles. The summed E-state index contributed by atoms with van der Waals surface area (Å²) >= 11 is 0. The lowest BCUT2D eigenvalue weighted by Gasteiger charge is -2.58. The van der Waals surface area contributed by atoms with Gasteiger partial charge in [-0.2, -0.15) is 5.10 Å². The van der Waals surface area contributed by atoms with Gasteiger partial charge < -0.3 is 10.6 Å². The Hall–Kier alpha value is -2.08. The Morgan fingerprint density at radius 2 is 2.03 bits per heavy atom. The zero-order chi connectivity index (χ0) is 20.4. The minimum absolute atomic E-state index is 0.329. The first kappa shape index (κ1) is 20.2. The monoisotopic (exact) mass is 397 g/mol. The lowest BCUT2D eigenvalue weighted by atomic mass is 9.62. The first-order chi connectivity index (χ1) is 14.0. The van der Waals surface area contributed by atoms with E-state index < -0.39 is 5.91 Å². The van der Waals surface area contributed by atoms with Crippen molar-refractivity contribution in [3.63, 3.8) is 0 Å². The van der Waals surface area contributed by atoms with Crippen LogP contribution in [0.2, 0.25) is 0 Å². The van der Waals surface area contributed by atoms with Gasteiger partial charge in [0.2, 0.25) is 0 Å². The lowest BCUT2D eigenvalue weighted by molar-refractivity contribution is -0.0659. The predicted molar refractivity (Wildman–Crippen MR) is 116 cm³/mol. The molecule has 2 unspecified atom stereocenters. The number of carbonyl (C=O) groups excluding carboxylic acids is 1. The summed E-state index contributed by atoms with van der Waals surface area (Å²) in [4.78, 5) is 16.3. The van der Waals surface area contributed by atoms with Crippen LogP contribution in [0.15, 0.2) is 18.4 Å². The smallest absolute Gasteiger partial charge is 0.269 e. The van der Waals surface area contributed by atoms with Gasteiger partial charge in [0.25, 0.3) is 5.91 Å². The number of rotatable bonds is 5. The summed E-state index contributed by atoms with van der Waals surface area (Å²) in [5.41, 5.74) is 9.14. The van der Waals surface area contributed by atoms with Crippen LogP contribution >= 0.6 is 0 Å². The van der Waals surface area contributed by atoms with E-state index in [1.165, 1.54) is 58.0 Å². The van der Waals surface area contributed by atoms with Crippen molar-refractivity contribution in [2.75, 3.05) is 26.2 Å². The number of nitrogens with two attached hydrogens (primary N) is 1. The number of amides is 1. The van der Waals surface area contributed by atoms with E-state index in [-0.39, 0.29) is 0 Å². The van der Waals surface area contributed by atoms with Crippen molar-refractivity contribution < 1.29 is 4.79 Å². The molecule has 29 heavy (non-hydrogen) atoms. The number of nitrogens with zero attached hydrogens (tertiary/aromatic N) is 3. The molecule has 0 radical (unpaired) electrons. The minimum atomic E-state index is -0.493. The molecule has 4 aliphatic rings. The third-order valence-electron chi connectivity index (χ3n) is 7.57. The number of nitrogens with one attached hydrogen (secondary N) is 1. The van der Waals surface area contributed by atoms with Gasteiger partial charge in [0.1, 0.15) is 0 Å². The number of aromatic amines is 1. The first-order valence-corrected chi connectivity index (χ1v) is 11.3. The van der Waals surface area contributed by atoms with Gasteiger partial charge in [-0.05, 0) is 76.0 Å². The molecule has 1 aromatic heterocycles. The van der Waals surface area contributed by atoms with E-state index in [9.17, 15) is 4.79 Å². The zero-order valence-corrected chi connectivity index (χ0v) is 17.8. The fourth-order valence-electron chi connectivity index (χ4n) is 5.59. The molecule has 1 amide bonds. The van der Waals surface area contributed by atoms with Crippen LogP contribution in [0.1, 0.15) is 73.6 Å². The van der Waals surface area contributed by atoms with Crippen LogP contribution in [0.3, 0.4) is 0 Å². The maximum Gasteiger partial charge on any atom is 0.269 e. The fourth-order valence-corrected chi connectivity index (χ4v) is 5.59. The molecule has 1 spiro atoms. The van der Waals surface area contributed by atoms with Crippen molar-refractivity contribution in [2.24, 2.45) is 11.7 Å². The van der Waals surface area contributed by atoms with Crippen LogP contribution in [0.4, 0.5) is 0 Å². The first-order valence-electron chi connectivity index (χ1n) is 11.3. The molecule has 6 nitrogen and oxygen atoms in total. The van der Waals surface area contributed by atoms with Gasteiger partial charge in [-0.15, -0.1) is 0 Å². The number of hydrogen-bond donors (Lipinski definition) is 2. The Kier molecular flexibility index (Phi) is 5.81. The van der Waals surface area contributed by atoms with Gasteiger partial charge in [0.05, 0.1) is 5.69 Å². The van der Waals surface area contributed by atoms with Gasteiger partial charge in [0.15, 0.2) is 5.69 Å². The highest BCUT2D eigenvalue weighted by Gasteiger charge is 2.59. The van der Waals surface area contributed by atoms with Crippen LogP contribution in [-0.2, 0) is 6.42 Å². The van der Waals surface area contributed by atoms with E-state index in [1.54, 1.807) is 0 Å². The number of carbonyl (C=O) groups is 1. The second-order valence-electron chi connectivity index (χ2n) is 8.92. The van der Waals surface area contributed by atoms with E-state index >= 15 is 0 Å². The van der Waals surface area contributed by atoms with Gasteiger partial charge >= 0.3 is 0 Å². The van der Waals surface area contributed by atoms with E-state index in [1.807, 2.05) is 19.1 Å². The fraction of sp³-hybridized carbons (Fsp3) is 0.652. The van der Waals surface area contributed by atoms with Gasteiger partial charge in [-0.3, -0.25) is 14.8 Å². The van der Waals surface area contributed by atoms with Crippen molar-refractivity contribution in [1.82, 2.24) is 20.0 Å². The molecule has 4 heterocycles. The maximum absolute atomic E-state index is 11.3.